The molecular weight excluding hydrogens is 337 g/mol. The van der Waals surface area contributed by atoms with Gasteiger partial charge in [0.25, 0.3) is 0 Å². The second-order valence-corrected chi connectivity index (χ2v) is 6.85. The Kier molecular flexibility index (Phi) is 5.04. The van der Waals surface area contributed by atoms with E-state index in [1.807, 2.05) is 0 Å². The molecule has 100 valence electrons. The number of hydrogen-bond acceptors (Lipinski definition) is 2. The number of rotatable bonds is 4. The maximum absolute atomic E-state index is 9.69. The zero-order chi connectivity index (χ0) is 13.0. The predicted octanol–water partition coefficient (Wildman–Crippen LogP) is 3.32. The van der Waals surface area contributed by atoms with E-state index in [9.17, 15) is 5.11 Å². The van der Waals surface area contributed by atoms with Crippen LogP contribution < -0.4 is 5.32 Å². The summed E-state index contributed by atoms with van der Waals surface area (Å²) in [5.74, 6) is 0.810. The molecule has 3 heteroatoms. The van der Waals surface area contributed by atoms with Gasteiger partial charge in [-0.3, -0.25) is 0 Å². The number of halogens is 1. The Morgan fingerprint density at radius 1 is 1.28 bits per heavy atom. The topological polar surface area (TPSA) is 32.3 Å². The van der Waals surface area contributed by atoms with E-state index in [2.05, 4.69) is 59.1 Å². The highest BCUT2D eigenvalue weighted by Gasteiger charge is 2.32. The van der Waals surface area contributed by atoms with E-state index >= 15 is 0 Å². The monoisotopic (exact) mass is 359 g/mol. The van der Waals surface area contributed by atoms with Gasteiger partial charge in [0, 0.05) is 15.7 Å². The lowest BCUT2D eigenvalue weighted by Gasteiger charge is -2.39. The van der Waals surface area contributed by atoms with Gasteiger partial charge >= 0.3 is 0 Å². The number of benzene rings is 1. The maximum atomic E-state index is 9.69. The molecule has 1 aromatic rings. The first-order valence-electron chi connectivity index (χ1n) is 6.74. The molecule has 1 fully saturated rings. The summed E-state index contributed by atoms with van der Waals surface area (Å²) in [6.07, 6.45) is 4.63. The van der Waals surface area contributed by atoms with Gasteiger partial charge in [0.05, 0.1) is 6.61 Å². The van der Waals surface area contributed by atoms with Gasteiger partial charge in [-0.2, -0.15) is 0 Å². The molecular formula is C15H22INO. The van der Waals surface area contributed by atoms with Crippen molar-refractivity contribution >= 4 is 22.6 Å². The molecule has 18 heavy (non-hydrogen) atoms. The van der Waals surface area contributed by atoms with E-state index in [4.69, 9.17) is 0 Å². The first-order valence-corrected chi connectivity index (χ1v) is 7.82. The van der Waals surface area contributed by atoms with E-state index in [0.717, 1.165) is 25.3 Å². The molecule has 2 N–H and O–H groups in total. The van der Waals surface area contributed by atoms with E-state index in [-0.39, 0.29) is 12.1 Å². The van der Waals surface area contributed by atoms with Crippen LogP contribution in [-0.2, 0) is 6.54 Å². The van der Waals surface area contributed by atoms with Gasteiger partial charge in [-0.05, 0) is 71.9 Å². The van der Waals surface area contributed by atoms with Crippen LogP contribution in [0.2, 0.25) is 0 Å². The fourth-order valence-corrected chi connectivity index (χ4v) is 2.96. The molecule has 0 heterocycles. The molecule has 1 aromatic carbocycles. The van der Waals surface area contributed by atoms with Crippen LogP contribution in [0.4, 0.5) is 0 Å². The van der Waals surface area contributed by atoms with Crippen molar-refractivity contribution in [3.63, 3.8) is 0 Å². The molecule has 0 amide bonds. The molecule has 0 unspecified atom stereocenters. The third-order valence-corrected chi connectivity index (χ3v) is 4.83. The fraction of sp³-hybridized carbons (Fsp3) is 0.600. The highest BCUT2D eigenvalue weighted by Crippen LogP contribution is 2.31. The van der Waals surface area contributed by atoms with Crippen LogP contribution >= 0.6 is 22.6 Å². The Morgan fingerprint density at radius 3 is 2.44 bits per heavy atom. The summed E-state index contributed by atoms with van der Waals surface area (Å²) in [7, 11) is 0. The zero-order valence-electron chi connectivity index (χ0n) is 11.0. The van der Waals surface area contributed by atoms with Crippen molar-refractivity contribution in [1.82, 2.24) is 5.32 Å². The van der Waals surface area contributed by atoms with Gasteiger partial charge in [-0.25, -0.2) is 0 Å². The summed E-state index contributed by atoms with van der Waals surface area (Å²) in [4.78, 5) is 0. The number of hydrogen-bond donors (Lipinski definition) is 2. The Balaban J connectivity index is 1.92. The van der Waals surface area contributed by atoms with Crippen LogP contribution in [0.15, 0.2) is 24.3 Å². The summed E-state index contributed by atoms with van der Waals surface area (Å²) in [6.45, 7) is 3.41. The van der Waals surface area contributed by atoms with Gasteiger partial charge in [-0.1, -0.05) is 19.1 Å². The zero-order valence-corrected chi connectivity index (χ0v) is 13.1. The Hall–Kier alpha value is -0.130. The van der Waals surface area contributed by atoms with Gasteiger partial charge in [0.15, 0.2) is 0 Å². The lowest BCUT2D eigenvalue weighted by atomic mass is 9.77. The quantitative estimate of drug-likeness (QED) is 0.809. The molecule has 1 saturated carbocycles. The summed E-state index contributed by atoms with van der Waals surface area (Å²) >= 11 is 2.32. The summed E-state index contributed by atoms with van der Waals surface area (Å²) in [6, 6.07) is 8.58. The second-order valence-electron chi connectivity index (χ2n) is 5.60. The van der Waals surface area contributed by atoms with Gasteiger partial charge in [0.2, 0.25) is 0 Å². The Morgan fingerprint density at radius 2 is 1.89 bits per heavy atom. The summed E-state index contributed by atoms with van der Waals surface area (Å²) < 4.78 is 1.26. The van der Waals surface area contributed by atoms with E-state index < -0.39 is 0 Å². The van der Waals surface area contributed by atoms with Crippen molar-refractivity contribution in [2.45, 2.75) is 44.7 Å². The molecule has 1 aliphatic carbocycles. The number of aliphatic hydroxyl groups is 1. The molecule has 1 aliphatic rings. The third kappa shape index (κ3) is 3.68. The molecule has 0 aromatic heterocycles. The fourth-order valence-electron chi connectivity index (χ4n) is 2.60. The highest BCUT2D eigenvalue weighted by molar-refractivity contribution is 14.1. The summed E-state index contributed by atoms with van der Waals surface area (Å²) in [5, 5.41) is 13.3. The molecule has 0 atom stereocenters. The van der Waals surface area contributed by atoms with E-state index in [1.54, 1.807) is 0 Å². The minimum absolute atomic E-state index is 0.0461. The average molecular weight is 359 g/mol. The van der Waals surface area contributed by atoms with Crippen molar-refractivity contribution < 1.29 is 5.11 Å². The lowest BCUT2D eigenvalue weighted by Crippen LogP contribution is -2.50. The Bertz CT molecular complexity index is 369. The van der Waals surface area contributed by atoms with E-state index in [0.29, 0.717) is 0 Å². The first kappa shape index (κ1) is 14.3. The van der Waals surface area contributed by atoms with E-state index in [1.165, 1.54) is 22.0 Å². The van der Waals surface area contributed by atoms with Crippen LogP contribution in [0.3, 0.4) is 0 Å². The molecule has 0 bridgehead atoms. The summed E-state index contributed by atoms with van der Waals surface area (Å²) in [5.41, 5.74) is 1.25. The van der Waals surface area contributed by atoms with Crippen LogP contribution in [0, 0.1) is 9.49 Å². The minimum Gasteiger partial charge on any atom is -0.394 e. The molecule has 2 nitrogen and oxygen atoms in total. The predicted molar refractivity (Wildman–Crippen MR) is 83.4 cm³/mol. The van der Waals surface area contributed by atoms with Gasteiger partial charge in [0.1, 0.15) is 0 Å². The lowest BCUT2D eigenvalue weighted by molar-refractivity contribution is 0.104. The van der Waals surface area contributed by atoms with Crippen LogP contribution in [0.1, 0.15) is 38.2 Å². The third-order valence-electron chi connectivity index (χ3n) is 4.11. The number of nitrogens with one attached hydrogen (secondary N) is 1. The second kappa shape index (κ2) is 6.35. The van der Waals surface area contributed by atoms with Crippen LogP contribution in [-0.4, -0.2) is 17.3 Å². The molecule has 0 radical (unpaired) electrons. The maximum Gasteiger partial charge on any atom is 0.0613 e. The molecule has 0 saturated heterocycles. The standard InChI is InChI=1S/C15H22INO/c1-12-6-8-15(11-18,9-7-12)17-10-13-2-4-14(16)5-3-13/h2-5,12,17-18H,6-11H2,1H3. The number of aliphatic hydroxyl groups excluding tert-OH is 1. The molecule has 0 aliphatic heterocycles. The van der Waals surface area contributed by atoms with Crippen molar-refractivity contribution in [3.8, 4) is 0 Å². The van der Waals surface area contributed by atoms with Crippen molar-refractivity contribution in [2.24, 2.45) is 5.92 Å². The Labute approximate surface area is 123 Å². The first-order chi connectivity index (χ1) is 8.63. The van der Waals surface area contributed by atoms with Crippen LogP contribution in [0.5, 0.6) is 0 Å². The van der Waals surface area contributed by atoms with Gasteiger partial charge in [-0.15, -0.1) is 0 Å². The normalized spacial score (nSPS) is 28.3. The molecule has 0 spiro atoms. The van der Waals surface area contributed by atoms with Crippen LogP contribution in [0.25, 0.3) is 0 Å². The van der Waals surface area contributed by atoms with Gasteiger partial charge < -0.3 is 10.4 Å². The highest BCUT2D eigenvalue weighted by atomic mass is 127. The SMILES string of the molecule is CC1CCC(CO)(NCc2ccc(I)cc2)CC1. The average Bonchev–Trinajstić information content (AvgIpc) is 2.41. The van der Waals surface area contributed by atoms with Crippen molar-refractivity contribution in [1.29, 1.82) is 0 Å². The smallest absolute Gasteiger partial charge is 0.0613 e. The molecule has 2 rings (SSSR count). The van der Waals surface area contributed by atoms with Crippen molar-refractivity contribution in [2.75, 3.05) is 6.61 Å². The largest absolute Gasteiger partial charge is 0.394 e. The minimum atomic E-state index is -0.0461. The van der Waals surface area contributed by atoms with Crippen molar-refractivity contribution in [3.05, 3.63) is 33.4 Å².